The molecule has 4 atom stereocenters. The first-order valence-electron chi connectivity index (χ1n) is 13.4. The Hall–Kier alpha value is -2.88. The zero-order chi connectivity index (χ0) is 27.6. The average Bonchev–Trinajstić information content (AvgIpc) is 2.97. The summed E-state index contributed by atoms with van der Waals surface area (Å²) in [4.78, 5) is 11.8. The molecule has 1 saturated heterocycles. The number of nitrogens with one attached hydrogen (secondary N) is 2. The first-order valence-corrected chi connectivity index (χ1v) is 14.6. The molecule has 1 aliphatic heterocycles. The Kier molecular flexibility index (Phi) is 10.8. The molecule has 0 unspecified atom stereocenters. The van der Waals surface area contributed by atoms with Crippen LogP contribution in [-0.4, -0.2) is 47.0 Å². The molecule has 1 fully saturated rings. The predicted molar refractivity (Wildman–Crippen MR) is 155 cm³/mol. The summed E-state index contributed by atoms with van der Waals surface area (Å²) in [7, 11) is 0. The third-order valence-corrected chi connectivity index (χ3v) is 7.91. The molecular weight excluding hydrogens is 512 g/mol. The maximum atomic E-state index is 11.8. The van der Waals surface area contributed by atoms with Crippen molar-refractivity contribution in [2.24, 2.45) is 5.92 Å². The van der Waals surface area contributed by atoms with Crippen LogP contribution in [0.15, 0.2) is 72.8 Å². The summed E-state index contributed by atoms with van der Waals surface area (Å²) in [5, 5.41) is 24.3. The van der Waals surface area contributed by atoms with E-state index in [0.29, 0.717) is 18.8 Å². The Bertz CT molecular complexity index is 1190. The molecule has 0 radical (unpaired) electrons. The zero-order valence-electron chi connectivity index (χ0n) is 22.5. The molecule has 4 N–H and O–H groups in total. The maximum Gasteiger partial charge on any atom is 0.315 e. The van der Waals surface area contributed by atoms with Crippen LogP contribution in [0.2, 0.25) is 0 Å². The van der Waals surface area contributed by atoms with Gasteiger partial charge in [-0.15, -0.1) is 0 Å². The van der Waals surface area contributed by atoms with E-state index in [2.05, 4.69) is 41.8 Å². The average molecular weight is 551 g/mol. The van der Waals surface area contributed by atoms with Gasteiger partial charge in [0.2, 0.25) is 0 Å². The van der Waals surface area contributed by atoms with E-state index in [4.69, 9.17) is 9.47 Å². The van der Waals surface area contributed by atoms with Crippen LogP contribution >= 0.6 is 11.8 Å². The van der Waals surface area contributed by atoms with Gasteiger partial charge in [-0.3, -0.25) is 0 Å². The van der Waals surface area contributed by atoms with E-state index in [1.165, 1.54) is 0 Å². The fraction of sp³-hybridized carbons (Fsp3) is 0.387. The second-order valence-electron chi connectivity index (χ2n) is 9.66. The summed E-state index contributed by atoms with van der Waals surface area (Å²) in [6, 6.07) is 24.1. The number of thioether (sulfide) groups is 1. The Balaban J connectivity index is 1.50. The summed E-state index contributed by atoms with van der Waals surface area (Å²) < 4.78 is 13.0. The highest BCUT2D eigenvalue weighted by atomic mass is 32.2. The molecular formula is C31H38N2O5S. The van der Waals surface area contributed by atoms with Gasteiger partial charge in [0.05, 0.1) is 25.4 Å². The third kappa shape index (κ3) is 7.84. The maximum absolute atomic E-state index is 11.8. The molecule has 39 heavy (non-hydrogen) atoms. The van der Waals surface area contributed by atoms with Crippen molar-refractivity contribution in [3.63, 3.8) is 0 Å². The van der Waals surface area contributed by atoms with Gasteiger partial charge in [0.1, 0.15) is 0 Å². The minimum atomic E-state index is -0.523. The number of carbonyl (C=O) groups is 1. The van der Waals surface area contributed by atoms with Gasteiger partial charge in [-0.25, -0.2) is 4.79 Å². The van der Waals surface area contributed by atoms with Crippen molar-refractivity contribution in [2.45, 2.75) is 45.5 Å². The number of benzene rings is 3. The van der Waals surface area contributed by atoms with Gasteiger partial charge < -0.3 is 30.3 Å². The Morgan fingerprint density at radius 2 is 1.64 bits per heavy atom. The van der Waals surface area contributed by atoms with E-state index in [9.17, 15) is 15.0 Å². The number of amides is 2. The minimum Gasteiger partial charge on any atom is -0.396 e. The highest BCUT2D eigenvalue weighted by Gasteiger charge is 2.38. The van der Waals surface area contributed by atoms with Crippen molar-refractivity contribution in [3.05, 3.63) is 95.1 Å². The third-order valence-electron chi connectivity index (χ3n) is 6.87. The van der Waals surface area contributed by atoms with Crippen LogP contribution in [0.4, 0.5) is 4.79 Å². The molecule has 8 heteroatoms. The van der Waals surface area contributed by atoms with Gasteiger partial charge in [-0.05, 0) is 40.8 Å². The van der Waals surface area contributed by atoms with Gasteiger partial charge in [0.25, 0.3) is 0 Å². The molecule has 3 aromatic carbocycles. The summed E-state index contributed by atoms with van der Waals surface area (Å²) >= 11 is 1.68. The summed E-state index contributed by atoms with van der Waals surface area (Å²) in [6.07, 6.45) is -0.730. The number of aliphatic hydroxyl groups is 2. The van der Waals surface area contributed by atoms with Crippen molar-refractivity contribution in [2.75, 3.05) is 24.7 Å². The van der Waals surface area contributed by atoms with E-state index in [1.807, 2.05) is 55.5 Å². The van der Waals surface area contributed by atoms with E-state index < -0.39 is 6.29 Å². The monoisotopic (exact) mass is 550 g/mol. The fourth-order valence-electron chi connectivity index (χ4n) is 4.67. The predicted octanol–water partition coefficient (Wildman–Crippen LogP) is 5.18. The van der Waals surface area contributed by atoms with E-state index in [-0.39, 0.29) is 37.4 Å². The largest absolute Gasteiger partial charge is 0.396 e. The molecule has 208 valence electrons. The van der Waals surface area contributed by atoms with Crippen LogP contribution in [0.1, 0.15) is 48.5 Å². The lowest BCUT2D eigenvalue weighted by Gasteiger charge is -2.41. The summed E-state index contributed by atoms with van der Waals surface area (Å²) in [6.45, 7) is 5.22. The minimum absolute atomic E-state index is 0.00742. The number of urea groups is 1. The molecule has 0 spiro atoms. The van der Waals surface area contributed by atoms with E-state index >= 15 is 0 Å². The number of ether oxygens (including phenoxy) is 2. The van der Waals surface area contributed by atoms with Crippen LogP contribution in [0, 0.1) is 5.92 Å². The van der Waals surface area contributed by atoms with Gasteiger partial charge in [0.15, 0.2) is 6.29 Å². The van der Waals surface area contributed by atoms with Gasteiger partial charge in [-0.2, -0.15) is 11.8 Å². The van der Waals surface area contributed by atoms with Crippen LogP contribution in [-0.2, 0) is 22.6 Å². The number of aliphatic hydroxyl groups excluding tert-OH is 2. The number of hydrogen-bond donors (Lipinski definition) is 4. The van der Waals surface area contributed by atoms with Crippen molar-refractivity contribution in [1.29, 1.82) is 0 Å². The fourth-order valence-corrected chi connectivity index (χ4v) is 5.58. The smallest absolute Gasteiger partial charge is 0.315 e. The lowest BCUT2D eigenvalue weighted by molar-refractivity contribution is -0.268. The standard InChI is InChI=1S/C31H38N2O5S/c1-3-32-31(36)33-18-23-5-4-6-27(17-23)24-11-13-26(14-12-24)30-37-28(20-39-16-15-34)21(2)29(38-30)25-9-7-22(19-35)8-10-25/h4-14,17,21,28-30,34-35H,3,15-16,18-20H2,1-2H3,(H2,32,33,36)/t21-,28+,29+,30+/m0/s1. The molecule has 1 aliphatic rings. The molecule has 0 saturated carbocycles. The van der Waals surface area contributed by atoms with Crippen LogP contribution < -0.4 is 10.6 Å². The summed E-state index contributed by atoms with van der Waals surface area (Å²) in [5.74, 6) is 1.55. The number of rotatable bonds is 11. The van der Waals surface area contributed by atoms with Gasteiger partial charge in [0, 0.05) is 36.1 Å². The number of carbonyl (C=O) groups excluding carboxylic acids is 1. The molecule has 2 amide bonds. The van der Waals surface area contributed by atoms with Crippen molar-refractivity contribution < 1.29 is 24.5 Å². The molecule has 7 nitrogen and oxygen atoms in total. The molecule has 0 aliphatic carbocycles. The normalized spacial score (nSPS) is 20.9. The molecule has 1 heterocycles. The lowest BCUT2D eigenvalue weighted by atomic mass is 9.91. The second-order valence-corrected chi connectivity index (χ2v) is 10.8. The van der Waals surface area contributed by atoms with Crippen molar-refractivity contribution in [3.8, 4) is 11.1 Å². The van der Waals surface area contributed by atoms with Crippen LogP contribution in [0.25, 0.3) is 11.1 Å². The first-order chi connectivity index (χ1) is 19.0. The second kappa shape index (κ2) is 14.5. The Labute approximate surface area is 234 Å². The highest BCUT2D eigenvalue weighted by Crippen LogP contribution is 2.42. The van der Waals surface area contributed by atoms with Crippen molar-refractivity contribution >= 4 is 17.8 Å². The Morgan fingerprint density at radius 3 is 2.33 bits per heavy atom. The molecule has 3 aromatic rings. The van der Waals surface area contributed by atoms with Crippen LogP contribution in [0.3, 0.4) is 0 Å². The van der Waals surface area contributed by atoms with E-state index in [0.717, 1.165) is 39.1 Å². The Morgan fingerprint density at radius 1 is 0.897 bits per heavy atom. The molecule has 0 aromatic heterocycles. The van der Waals surface area contributed by atoms with Crippen LogP contribution in [0.5, 0.6) is 0 Å². The van der Waals surface area contributed by atoms with E-state index in [1.54, 1.807) is 11.8 Å². The van der Waals surface area contributed by atoms with Gasteiger partial charge >= 0.3 is 6.03 Å². The zero-order valence-corrected chi connectivity index (χ0v) is 23.3. The lowest BCUT2D eigenvalue weighted by Crippen LogP contribution is -2.38. The van der Waals surface area contributed by atoms with Gasteiger partial charge in [-0.1, -0.05) is 73.7 Å². The topological polar surface area (TPSA) is 100 Å². The quantitative estimate of drug-likeness (QED) is 0.246. The number of hydrogen-bond acceptors (Lipinski definition) is 6. The first kappa shape index (κ1) is 29.1. The molecule has 0 bridgehead atoms. The molecule has 4 rings (SSSR count). The highest BCUT2D eigenvalue weighted by molar-refractivity contribution is 7.99. The summed E-state index contributed by atoms with van der Waals surface area (Å²) in [5.41, 5.74) is 6.01. The SMILES string of the molecule is CCNC(=O)NCc1cccc(-c2ccc([C@@H]3O[C@H](CSCCO)[C@H](C)[C@H](c4ccc(CO)cc4)O3)cc2)c1. The van der Waals surface area contributed by atoms with Crippen molar-refractivity contribution in [1.82, 2.24) is 10.6 Å².